The Bertz CT molecular complexity index is 746. The number of anilines is 1. The molecule has 0 aromatic heterocycles. The van der Waals surface area contributed by atoms with Gasteiger partial charge in [0, 0.05) is 25.8 Å². The highest BCUT2D eigenvalue weighted by Gasteiger charge is 2.23. The first-order chi connectivity index (χ1) is 13.2. The van der Waals surface area contributed by atoms with Crippen molar-refractivity contribution in [1.82, 2.24) is 9.62 Å². The molecular formula is C20H33N3O4S. The molecule has 0 aliphatic heterocycles. The molecule has 28 heavy (non-hydrogen) atoms. The fourth-order valence-electron chi connectivity index (χ4n) is 3.63. The lowest BCUT2D eigenvalue weighted by molar-refractivity contribution is -0.128. The summed E-state index contributed by atoms with van der Waals surface area (Å²) in [5.41, 5.74) is 2.17. The van der Waals surface area contributed by atoms with Gasteiger partial charge in [0.05, 0.1) is 18.9 Å². The smallest absolute Gasteiger partial charge is 0.241 e. The van der Waals surface area contributed by atoms with Gasteiger partial charge in [-0.2, -0.15) is 0 Å². The van der Waals surface area contributed by atoms with E-state index < -0.39 is 10.0 Å². The van der Waals surface area contributed by atoms with Crippen LogP contribution in [0.2, 0.25) is 0 Å². The Kier molecular flexibility index (Phi) is 8.27. The van der Waals surface area contributed by atoms with E-state index in [9.17, 15) is 18.3 Å². The summed E-state index contributed by atoms with van der Waals surface area (Å²) < 4.78 is 24.8. The van der Waals surface area contributed by atoms with E-state index in [0.717, 1.165) is 37.6 Å². The SMILES string of the molecule is CC(CNS(C)(=O)=O)CN(C)C(=O)CNc1ccccc1C1CCC(O)CC1. The lowest BCUT2D eigenvalue weighted by Crippen LogP contribution is -2.38. The fourth-order valence-corrected chi connectivity index (χ4v) is 4.22. The van der Waals surface area contributed by atoms with Gasteiger partial charge in [0.25, 0.3) is 0 Å². The Morgan fingerprint density at radius 3 is 2.54 bits per heavy atom. The standard InChI is InChI=1S/C20H33N3O4S/c1-15(12-22-28(3,26)27)14-23(2)20(25)13-21-19-7-5-4-6-18(19)16-8-10-17(24)11-9-16/h4-7,15-17,21-22,24H,8-14H2,1-3H3. The molecule has 0 saturated heterocycles. The molecule has 0 spiro atoms. The van der Waals surface area contributed by atoms with Gasteiger partial charge < -0.3 is 15.3 Å². The van der Waals surface area contributed by atoms with E-state index in [0.29, 0.717) is 19.0 Å². The summed E-state index contributed by atoms with van der Waals surface area (Å²) in [5, 5.41) is 13.0. The summed E-state index contributed by atoms with van der Waals surface area (Å²) in [7, 11) is -1.49. The normalized spacial score (nSPS) is 21.1. The summed E-state index contributed by atoms with van der Waals surface area (Å²) in [6, 6.07) is 8.05. The second-order valence-electron chi connectivity index (χ2n) is 7.95. The Morgan fingerprint density at radius 2 is 1.89 bits per heavy atom. The zero-order valence-corrected chi connectivity index (χ0v) is 17.8. The van der Waals surface area contributed by atoms with E-state index >= 15 is 0 Å². The number of nitrogens with one attached hydrogen (secondary N) is 2. The summed E-state index contributed by atoms with van der Waals surface area (Å²) in [6.45, 7) is 2.88. The van der Waals surface area contributed by atoms with Crippen molar-refractivity contribution in [1.29, 1.82) is 0 Å². The van der Waals surface area contributed by atoms with E-state index in [-0.39, 0.29) is 24.5 Å². The Balaban J connectivity index is 1.87. The number of carbonyl (C=O) groups is 1. The van der Waals surface area contributed by atoms with Crippen molar-refractivity contribution in [2.24, 2.45) is 5.92 Å². The number of nitrogens with zero attached hydrogens (tertiary/aromatic N) is 1. The van der Waals surface area contributed by atoms with Crippen LogP contribution >= 0.6 is 0 Å². The van der Waals surface area contributed by atoms with Crippen LogP contribution in [0, 0.1) is 5.92 Å². The van der Waals surface area contributed by atoms with Crippen LogP contribution in [-0.2, 0) is 14.8 Å². The van der Waals surface area contributed by atoms with Crippen LogP contribution in [-0.4, -0.2) is 63.4 Å². The zero-order chi connectivity index (χ0) is 20.7. The van der Waals surface area contributed by atoms with Gasteiger partial charge in [-0.1, -0.05) is 25.1 Å². The minimum absolute atomic E-state index is 0.0182. The second kappa shape index (κ2) is 10.2. The molecule has 1 fully saturated rings. The molecule has 0 bridgehead atoms. The van der Waals surface area contributed by atoms with Gasteiger partial charge in [0.15, 0.2) is 0 Å². The summed E-state index contributed by atoms with van der Waals surface area (Å²) in [4.78, 5) is 14.1. The van der Waals surface area contributed by atoms with Gasteiger partial charge in [-0.15, -0.1) is 0 Å². The number of aliphatic hydroxyl groups is 1. The van der Waals surface area contributed by atoms with Crippen molar-refractivity contribution in [2.75, 3.05) is 38.3 Å². The third-order valence-corrected chi connectivity index (χ3v) is 5.92. The van der Waals surface area contributed by atoms with Crippen molar-refractivity contribution in [3.63, 3.8) is 0 Å². The lowest BCUT2D eigenvalue weighted by Gasteiger charge is -2.28. The minimum atomic E-state index is -3.22. The summed E-state index contributed by atoms with van der Waals surface area (Å²) in [6.07, 6.45) is 4.49. The van der Waals surface area contributed by atoms with E-state index in [4.69, 9.17) is 0 Å². The predicted molar refractivity (Wildman–Crippen MR) is 112 cm³/mol. The van der Waals surface area contributed by atoms with Crippen molar-refractivity contribution >= 4 is 21.6 Å². The number of carbonyl (C=O) groups excluding carboxylic acids is 1. The van der Waals surface area contributed by atoms with E-state index in [2.05, 4.69) is 16.1 Å². The van der Waals surface area contributed by atoms with Crippen LogP contribution in [0.15, 0.2) is 24.3 Å². The maximum absolute atomic E-state index is 12.5. The first-order valence-corrected chi connectivity index (χ1v) is 11.7. The summed E-state index contributed by atoms with van der Waals surface area (Å²) in [5.74, 6) is 0.381. The molecule has 2 rings (SSSR count). The topological polar surface area (TPSA) is 98.7 Å². The average Bonchev–Trinajstić information content (AvgIpc) is 2.65. The van der Waals surface area contributed by atoms with Crippen molar-refractivity contribution in [3.8, 4) is 0 Å². The lowest BCUT2D eigenvalue weighted by atomic mass is 9.82. The number of likely N-dealkylation sites (N-methyl/N-ethyl adjacent to an activating group) is 1. The Morgan fingerprint density at radius 1 is 1.25 bits per heavy atom. The predicted octanol–water partition coefficient (Wildman–Crippen LogP) is 1.76. The van der Waals surface area contributed by atoms with Gasteiger partial charge in [-0.05, 0) is 49.1 Å². The quantitative estimate of drug-likeness (QED) is 0.575. The molecule has 1 aliphatic carbocycles. The maximum Gasteiger partial charge on any atom is 0.241 e. The number of sulfonamides is 1. The highest BCUT2D eigenvalue weighted by atomic mass is 32.2. The van der Waals surface area contributed by atoms with Gasteiger partial charge in [0.1, 0.15) is 0 Å². The molecular weight excluding hydrogens is 378 g/mol. The number of hydrogen-bond acceptors (Lipinski definition) is 5. The van der Waals surface area contributed by atoms with Crippen LogP contribution in [0.3, 0.4) is 0 Å². The van der Waals surface area contributed by atoms with Crippen LogP contribution in [0.4, 0.5) is 5.69 Å². The number of para-hydroxylation sites is 1. The van der Waals surface area contributed by atoms with Crippen LogP contribution in [0.1, 0.15) is 44.1 Å². The number of amides is 1. The monoisotopic (exact) mass is 411 g/mol. The zero-order valence-electron chi connectivity index (χ0n) is 17.0. The third-order valence-electron chi connectivity index (χ3n) is 5.23. The van der Waals surface area contributed by atoms with E-state index in [1.165, 1.54) is 5.56 Å². The van der Waals surface area contributed by atoms with Gasteiger partial charge >= 0.3 is 0 Å². The van der Waals surface area contributed by atoms with Crippen LogP contribution < -0.4 is 10.0 Å². The fraction of sp³-hybridized carbons (Fsp3) is 0.650. The molecule has 0 heterocycles. The Labute approximate surface area is 168 Å². The van der Waals surface area contributed by atoms with E-state index in [1.54, 1.807) is 11.9 Å². The van der Waals surface area contributed by atoms with E-state index in [1.807, 2.05) is 25.1 Å². The molecule has 3 N–H and O–H groups in total. The highest BCUT2D eigenvalue weighted by molar-refractivity contribution is 7.88. The minimum Gasteiger partial charge on any atom is -0.393 e. The number of hydrogen-bond donors (Lipinski definition) is 3. The van der Waals surface area contributed by atoms with Gasteiger partial charge in [-0.25, -0.2) is 13.1 Å². The molecule has 158 valence electrons. The molecule has 1 aliphatic rings. The first kappa shape index (κ1) is 22.6. The molecule has 8 heteroatoms. The summed E-state index contributed by atoms with van der Waals surface area (Å²) >= 11 is 0. The average molecular weight is 412 g/mol. The second-order valence-corrected chi connectivity index (χ2v) is 9.78. The van der Waals surface area contributed by atoms with Crippen LogP contribution in [0.25, 0.3) is 0 Å². The van der Waals surface area contributed by atoms with Crippen molar-refractivity contribution in [2.45, 2.75) is 44.6 Å². The third kappa shape index (κ3) is 7.41. The van der Waals surface area contributed by atoms with Crippen LogP contribution in [0.5, 0.6) is 0 Å². The molecule has 1 saturated carbocycles. The van der Waals surface area contributed by atoms with Gasteiger partial charge in [-0.3, -0.25) is 4.79 Å². The van der Waals surface area contributed by atoms with Gasteiger partial charge in [0.2, 0.25) is 15.9 Å². The molecule has 1 aromatic rings. The van der Waals surface area contributed by atoms with Crippen molar-refractivity contribution < 1.29 is 18.3 Å². The maximum atomic E-state index is 12.5. The Hall–Kier alpha value is -1.64. The molecule has 1 atom stereocenters. The highest BCUT2D eigenvalue weighted by Crippen LogP contribution is 2.36. The first-order valence-electron chi connectivity index (χ1n) is 9.85. The molecule has 1 unspecified atom stereocenters. The molecule has 1 aromatic carbocycles. The molecule has 1 amide bonds. The number of benzene rings is 1. The largest absolute Gasteiger partial charge is 0.393 e. The number of rotatable bonds is 9. The molecule has 7 nitrogen and oxygen atoms in total. The number of aliphatic hydroxyl groups excluding tert-OH is 1. The molecule has 0 radical (unpaired) electrons. The van der Waals surface area contributed by atoms with Crippen molar-refractivity contribution in [3.05, 3.63) is 29.8 Å².